The van der Waals surface area contributed by atoms with Crippen molar-refractivity contribution in [2.45, 2.75) is 51.5 Å². The second-order valence-corrected chi connectivity index (χ2v) is 5.38. The van der Waals surface area contributed by atoms with Crippen molar-refractivity contribution < 1.29 is 0 Å². The van der Waals surface area contributed by atoms with E-state index in [0.717, 1.165) is 6.42 Å². The Hall–Kier alpha value is -0.820. The summed E-state index contributed by atoms with van der Waals surface area (Å²) in [5, 5.41) is 0. The minimum atomic E-state index is 0.125. The Balaban J connectivity index is 2.24. The summed E-state index contributed by atoms with van der Waals surface area (Å²) in [6, 6.07) is 6.81. The summed E-state index contributed by atoms with van der Waals surface area (Å²) in [5.41, 5.74) is 10.6. The van der Waals surface area contributed by atoms with E-state index in [-0.39, 0.29) is 5.54 Å². The fourth-order valence-electron chi connectivity index (χ4n) is 1.96. The first kappa shape index (κ1) is 10.7. The fraction of sp³-hybridized carbons (Fsp3) is 0.571. The number of hydrogen-bond acceptors (Lipinski definition) is 1. The molecule has 0 heterocycles. The molecule has 0 bridgehead atoms. The Morgan fingerprint density at radius 1 is 1.33 bits per heavy atom. The molecule has 1 nitrogen and oxygen atoms in total. The first-order valence-electron chi connectivity index (χ1n) is 5.88. The van der Waals surface area contributed by atoms with Gasteiger partial charge in [0.1, 0.15) is 0 Å². The standard InChI is InChI=1S/C14H21N/c1-10(2)12-5-4-11(3)13(8-12)9-14(15)6-7-14/h4-5,8,10H,6-7,9,15H2,1-3H3. The van der Waals surface area contributed by atoms with Crippen LogP contribution in [0, 0.1) is 6.92 Å². The minimum Gasteiger partial charge on any atom is -0.325 e. The van der Waals surface area contributed by atoms with Crippen LogP contribution in [0.4, 0.5) is 0 Å². The van der Waals surface area contributed by atoms with Crippen LogP contribution in [-0.2, 0) is 6.42 Å². The molecule has 2 rings (SSSR count). The van der Waals surface area contributed by atoms with Crippen LogP contribution in [0.1, 0.15) is 49.3 Å². The summed E-state index contributed by atoms with van der Waals surface area (Å²) >= 11 is 0. The molecule has 1 aromatic carbocycles. The summed E-state index contributed by atoms with van der Waals surface area (Å²) in [5.74, 6) is 0.609. The van der Waals surface area contributed by atoms with Gasteiger partial charge in [-0.15, -0.1) is 0 Å². The van der Waals surface area contributed by atoms with Crippen LogP contribution in [0.2, 0.25) is 0 Å². The van der Waals surface area contributed by atoms with Crippen molar-refractivity contribution >= 4 is 0 Å². The molecule has 2 N–H and O–H groups in total. The van der Waals surface area contributed by atoms with E-state index in [1.807, 2.05) is 0 Å². The summed E-state index contributed by atoms with van der Waals surface area (Å²) in [4.78, 5) is 0. The monoisotopic (exact) mass is 203 g/mol. The third-order valence-corrected chi connectivity index (χ3v) is 3.47. The third-order valence-electron chi connectivity index (χ3n) is 3.47. The normalized spacial score (nSPS) is 18.2. The molecule has 0 unspecified atom stereocenters. The lowest BCUT2D eigenvalue weighted by Crippen LogP contribution is -2.25. The van der Waals surface area contributed by atoms with E-state index in [4.69, 9.17) is 5.73 Å². The predicted octanol–water partition coefficient (Wildman–Crippen LogP) is 3.15. The van der Waals surface area contributed by atoms with Gasteiger partial charge in [0.15, 0.2) is 0 Å². The highest BCUT2D eigenvalue weighted by molar-refractivity contribution is 5.34. The van der Waals surface area contributed by atoms with Crippen molar-refractivity contribution in [3.05, 3.63) is 34.9 Å². The van der Waals surface area contributed by atoms with Gasteiger partial charge in [0.25, 0.3) is 0 Å². The van der Waals surface area contributed by atoms with Gasteiger partial charge in [-0.3, -0.25) is 0 Å². The van der Waals surface area contributed by atoms with E-state index in [1.165, 1.54) is 29.5 Å². The van der Waals surface area contributed by atoms with E-state index in [1.54, 1.807) is 0 Å². The zero-order valence-corrected chi connectivity index (χ0v) is 10.0. The maximum absolute atomic E-state index is 6.17. The molecule has 0 amide bonds. The molecule has 0 aromatic heterocycles. The number of aryl methyl sites for hydroxylation is 1. The van der Waals surface area contributed by atoms with Gasteiger partial charge in [0.05, 0.1) is 0 Å². The predicted molar refractivity (Wildman–Crippen MR) is 65.1 cm³/mol. The largest absolute Gasteiger partial charge is 0.325 e. The summed E-state index contributed by atoms with van der Waals surface area (Å²) in [6.45, 7) is 6.67. The molecular formula is C14H21N. The van der Waals surface area contributed by atoms with E-state index in [0.29, 0.717) is 5.92 Å². The Morgan fingerprint density at radius 2 is 2.00 bits per heavy atom. The second kappa shape index (κ2) is 3.64. The zero-order chi connectivity index (χ0) is 11.1. The molecule has 0 aliphatic heterocycles. The molecular weight excluding hydrogens is 182 g/mol. The van der Waals surface area contributed by atoms with Gasteiger partial charge in [-0.25, -0.2) is 0 Å². The Labute approximate surface area is 92.7 Å². The summed E-state index contributed by atoms with van der Waals surface area (Å²) in [7, 11) is 0. The zero-order valence-electron chi connectivity index (χ0n) is 10.0. The topological polar surface area (TPSA) is 26.0 Å². The SMILES string of the molecule is Cc1ccc(C(C)C)cc1CC1(N)CC1. The molecule has 0 radical (unpaired) electrons. The van der Waals surface area contributed by atoms with Crippen molar-refractivity contribution in [3.8, 4) is 0 Å². The molecule has 1 heteroatoms. The maximum atomic E-state index is 6.17. The van der Waals surface area contributed by atoms with Gasteiger partial charge in [-0.2, -0.15) is 0 Å². The Bertz CT molecular complexity index is 362. The average molecular weight is 203 g/mol. The van der Waals surface area contributed by atoms with Gasteiger partial charge in [-0.05, 0) is 48.8 Å². The minimum absolute atomic E-state index is 0.125. The van der Waals surface area contributed by atoms with Gasteiger partial charge in [-0.1, -0.05) is 32.0 Å². The summed E-state index contributed by atoms with van der Waals surface area (Å²) in [6.07, 6.45) is 3.44. The highest BCUT2D eigenvalue weighted by Gasteiger charge is 2.38. The van der Waals surface area contributed by atoms with Crippen molar-refractivity contribution in [1.82, 2.24) is 0 Å². The lowest BCUT2D eigenvalue weighted by molar-refractivity contribution is 0.668. The smallest absolute Gasteiger partial charge is 0.0196 e. The second-order valence-electron chi connectivity index (χ2n) is 5.38. The molecule has 1 aliphatic carbocycles. The number of hydrogen-bond donors (Lipinski definition) is 1. The molecule has 0 spiro atoms. The number of benzene rings is 1. The van der Waals surface area contributed by atoms with Crippen LogP contribution in [0.15, 0.2) is 18.2 Å². The van der Waals surface area contributed by atoms with Gasteiger partial charge in [0.2, 0.25) is 0 Å². The lowest BCUT2D eigenvalue weighted by atomic mass is 9.94. The molecule has 1 aliphatic rings. The molecule has 1 fully saturated rings. The van der Waals surface area contributed by atoms with Gasteiger partial charge < -0.3 is 5.73 Å². The van der Waals surface area contributed by atoms with Crippen LogP contribution < -0.4 is 5.73 Å². The maximum Gasteiger partial charge on any atom is 0.0196 e. The molecule has 1 aromatic rings. The quantitative estimate of drug-likeness (QED) is 0.802. The molecule has 1 saturated carbocycles. The van der Waals surface area contributed by atoms with Crippen molar-refractivity contribution in [3.63, 3.8) is 0 Å². The van der Waals surface area contributed by atoms with Crippen LogP contribution in [0.5, 0.6) is 0 Å². The first-order valence-corrected chi connectivity index (χ1v) is 5.88. The van der Waals surface area contributed by atoms with Crippen molar-refractivity contribution in [2.24, 2.45) is 5.73 Å². The van der Waals surface area contributed by atoms with Crippen LogP contribution >= 0.6 is 0 Å². The highest BCUT2D eigenvalue weighted by atomic mass is 14.8. The molecule has 82 valence electrons. The van der Waals surface area contributed by atoms with E-state index in [2.05, 4.69) is 39.0 Å². The number of nitrogens with two attached hydrogens (primary N) is 1. The van der Waals surface area contributed by atoms with Crippen molar-refractivity contribution in [2.75, 3.05) is 0 Å². The van der Waals surface area contributed by atoms with Crippen LogP contribution in [-0.4, -0.2) is 5.54 Å². The Morgan fingerprint density at radius 3 is 2.53 bits per heavy atom. The molecule has 0 atom stereocenters. The molecule has 0 saturated heterocycles. The van der Waals surface area contributed by atoms with E-state index >= 15 is 0 Å². The van der Waals surface area contributed by atoms with Gasteiger partial charge in [0, 0.05) is 5.54 Å². The summed E-state index contributed by atoms with van der Waals surface area (Å²) < 4.78 is 0. The Kier molecular flexibility index (Phi) is 2.59. The third kappa shape index (κ3) is 2.40. The van der Waals surface area contributed by atoms with E-state index < -0.39 is 0 Å². The van der Waals surface area contributed by atoms with E-state index in [9.17, 15) is 0 Å². The van der Waals surface area contributed by atoms with Gasteiger partial charge >= 0.3 is 0 Å². The lowest BCUT2D eigenvalue weighted by Gasteiger charge is -2.14. The van der Waals surface area contributed by atoms with Crippen molar-refractivity contribution in [1.29, 1.82) is 0 Å². The average Bonchev–Trinajstić information content (AvgIpc) is 2.87. The number of rotatable bonds is 3. The molecule has 15 heavy (non-hydrogen) atoms. The highest BCUT2D eigenvalue weighted by Crippen LogP contribution is 2.36. The fourth-order valence-corrected chi connectivity index (χ4v) is 1.96. The van der Waals surface area contributed by atoms with Crippen LogP contribution in [0.3, 0.4) is 0 Å². The van der Waals surface area contributed by atoms with Crippen LogP contribution in [0.25, 0.3) is 0 Å². The first-order chi connectivity index (χ1) is 7.00.